The van der Waals surface area contributed by atoms with Crippen molar-refractivity contribution in [3.63, 3.8) is 0 Å². The number of carboxylic acids is 1. The minimum Gasteiger partial charge on any atom is -0.476 e. The summed E-state index contributed by atoms with van der Waals surface area (Å²) < 4.78 is 5.24. The second kappa shape index (κ2) is 4.44. The highest BCUT2D eigenvalue weighted by Crippen LogP contribution is 2.29. The molecule has 6 heteroatoms. The number of carbonyl (C=O) groups is 1. The van der Waals surface area contributed by atoms with Crippen molar-refractivity contribution in [1.82, 2.24) is 9.97 Å². The number of ether oxygens (including phenoxy) is 1. The van der Waals surface area contributed by atoms with Gasteiger partial charge in [-0.3, -0.25) is 0 Å². The Kier molecular flexibility index (Phi) is 3.00. The lowest BCUT2D eigenvalue weighted by Gasteiger charge is -2.22. The Hall–Kier alpha value is -1.69. The molecule has 0 aromatic carbocycles. The van der Waals surface area contributed by atoms with Gasteiger partial charge in [0.25, 0.3) is 0 Å². The third-order valence-corrected chi connectivity index (χ3v) is 2.73. The molecule has 1 aromatic rings. The van der Waals surface area contributed by atoms with Crippen LogP contribution in [0.2, 0.25) is 0 Å². The predicted molar refractivity (Wildman–Crippen MR) is 56.2 cm³/mol. The van der Waals surface area contributed by atoms with Crippen molar-refractivity contribution in [3.05, 3.63) is 17.7 Å². The van der Waals surface area contributed by atoms with E-state index in [0.29, 0.717) is 18.9 Å². The number of aromatic nitrogens is 2. The third-order valence-electron chi connectivity index (χ3n) is 2.73. The van der Waals surface area contributed by atoms with Crippen LogP contribution in [0.25, 0.3) is 0 Å². The summed E-state index contributed by atoms with van der Waals surface area (Å²) in [5.41, 5.74) is 6.47. The van der Waals surface area contributed by atoms with Crippen LogP contribution < -0.4 is 5.73 Å². The molecule has 0 amide bonds. The lowest BCUT2D eigenvalue weighted by atomic mass is 9.94. The molecule has 1 aliphatic rings. The summed E-state index contributed by atoms with van der Waals surface area (Å²) in [5.74, 6) is -0.942. The quantitative estimate of drug-likeness (QED) is 0.763. The summed E-state index contributed by atoms with van der Waals surface area (Å²) in [7, 11) is 0. The van der Waals surface area contributed by atoms with E-state index in [1.54, 1.807) is 0 Å². The molecule has 1 aliphatic heterocycles. The van der Waals surface area contributed by atoms with Crippen molar-refractivity contribution in [2.45, 2.75) is 18.8 Å². The van der Waals surface area contributed by atoms with Crippen LogP contribution >= 0.6 is 0 Å². The lowest BCUT2D eigenvalue weighted by Crippen LogP contribution is -2.18. The van der Waals surface area contributed by atoms with Crippen LogP contribution in [0, 0.1) is 0 Å². The van der Waals surface area contributed by atoms with Crippen LogP contribution in [0.5, 0.6) is 0 Å². The summed E-state index contributed by atoms with van der Waals surface area (Å²) in [4.78, 5) is 18.6. The van der Waals surface area contributed by atoms with Crippen LogP contribution in [0.4, 0.5) is 5.69 Å². The van der Waals surface area contributed by atoms with Crippen molar-refractivity contribution in [2.75, 3.05) is 18.9 Å². The average molecular weight is 223 g/mol. The van der Waals surface area contributed by atoms with E-state index < -0.39 is 5.97 Å². The molecule has 1 saturated heterocycles. The Bertz CT molecular complexity index is 402. The zero-order chi connectivity index (χ0) is 11.5. The van der Waals surface area contributed by atoms with E-state index in [9.17, 15) is 4.79 Å². The molecule has 0 saturated carbocycles. The third kappa shape index (κ3) is 1.96. The zero-order valence-corrected chi connectivity index (χ0v) is 8.72. The Morgan fingerprint density at radius 2 is 2.12 bits per heavy atom. The molecule has 0 bridgehead atoms. The number of nitrogen functional groups attached to an aromatic ring is 1. The van der Waals surface area contributed by atoms with Crippen molar-refractivity contribution in [1.29, 1.82) is 0 Å². The summed E-state index contributed by atoms with van der Waals surface area (Å²) in [6.45, 7) is 1.33. The van der Waals surface area contributed by atoms with Crippen LogP contribution in [0.1, 0.15) is 34.9 Å². The van der Waals surface area contributed by atoms with E-state index in [0.717, 1.165) is 12.8 Å². The van der Waals surface area contributed by atoms with Gasteiger partial charge in [-0.05, 0) is 12.8 Å². The maximum absolute atomic E-state index is 10.9. The molecule has 0 aliphatic carbocycles. The maximum Gasteiger partial charge on any atom is 0.356 e. The topological polar surface area (TPSA) is 98.3 Å². The Morgan fingerprint density at radius 3 is 2.75 bits per heavy atom. The van der Waals surface area contributed by atoms with Gasteiger partial charge in [0.05, 0.1) is 11.4 Å². The molecule has 1 fully saturated rings. The van der Waals surface area contributed by atoms with Gasteiger partial charge in [0.2, 0.25) is 0 Å². The van der Waals surface area contributed by atoms with E-state index in [-0.39, 0.29) is 17.3 Å². The first-order chi connectivity index (χ1) is 7.70. The fraction of sp³-hybridized carbons (Fsp3) is 0.500. The molecule has 6 nitrogen and oxygen atoms in total. The highest BCUT2D eigenvalue weighted by molar-refractivity contribution is 5.91. The SMILES string of the molecule is Nc1c(C(=O)O)ncnc1C1CCOCC1. The van der Waals surface area contributed by atoms with Crippen molar-refractivity contribution < 1.29 is 14.6 Å². The number of aromatic carboxylic acids is 1. The molecule has 1 aromatic heterocycles. The molecule has 2 rings (SSSR count). The maximum atomic E-state index is 10.9. The molecule has 0 atom stereocenters. The lowest BCUT2D eigenvalue weighted by molar-refractivity contribution is 0.0691. The first-order valence-corrected chi connectivity index (χ1v) is 5.11. The van der Waals surface area contributed by atoms with Gasteiger partial charge in [0, 0.05) is 19.1 Å². The predicted octanol–water partition coefficient (Wildman–Crippen LogP) is 0.651. The molecule has 2 heterocycles. The summed E-state index contributed by atoms with van der Waals surface area (Å²) in [5, 5.41) is 8.89. The summed E-state index contributed by atoms with van der Waals surface area (Å²) in [6, 6.07) is 0. The molecule has 0 unspecified atom stereocenters. The molecule has 3 N–H and O–H groups in total. The number of nitrogens with two attached hydrogens (primary N) is 1. The molecular formula is C10H13N3O3. The van der Waals surface area contributed by atoms with Gasteiger partial charge in [-0.25, -0.2) is 14.8 Å². The van der Waals surface area contributed by atoms with Crippen LogP contribution in [-0.4, -0.2) is 34.3 Å². The fourth-order valence-corrected chi connectivity index (χ4v) is 1.88. The Morgan fingerprint density at radius 1 is 1.44 bits per heavy atom. The first-order valence-electron chi connectivity index (χ1n) is 5.11. The number of nitrogens with zero attached hydrogens (tertiary/aromatic N) is 2. The number of hydrogen-bond donors (Lipinski definition) is 2. The summed E-state index contributed by atoms with van der Waals surface area (Å²) >= 11 is 0. The van der Waals surface area contributed by atoms with Crippen LogP contribution in [0.3, 0.4) is 0 Å². The highest BCUT2D eigenvalue weighted by atomic mass is 16.5. The second-order valence-electron chi connectivity index (χ2n) is 3.71. The Balaban J connectivity index is 2.33. The molecule has 86 valence electrons. The van der Waals surface area contributed by atoms with Crippen LogP contribution in [-0.2, 0) is 4.74 Å². The Labute approximate surface area is 92.5 Å². The molecule has 0 spiro atoms. The molecular weight excluding hydrogens is 210 g/mol. The normalized spacial score (nSPS) is 17.2. The minimum absolute atomic E-state index is 0.114. The molecule has 16 heavy (non-hydrogen) atoms. The fourth-order valence-electron chi connectivity index (χ4n) is 1.88. The monoisotopic (exact) mass is 223 g/mol. The average Bonchev–Trinajstić information content (AvgIpc) is 2.30. The molecule has 0 radical (unpaired) electrons. The van der Waals surface area contributed by atoms with Crippen molar-refractivity contribution >= 4 is 11.7 Å². The zero-order valence-electron chi connectivity index (χ0n) is 8.72. The highest BCUT2D eigenvalue weighted by Gasteiger charge is 2.23. The van der Waals surface area contributed by atoms with Crippen molar-refractivity contribution in [3.8, 4) is 0 Å². The van der Waals surface area contributed by atoms with E-state index in [1.807, 2.05) is 0 Å². The van der Waals surface area contributed by atoms with E-state index >= 15 is 0 Å². The number of anilines is 1. The van der Waals surface area contributed by atoms with Gasteiger partial charge in [-0.15, -0.1) is 0 Å². The first kappa shape index (κ1) is 10.8. The van der Waals surface area contributed by atoms with Gasteiger partial charge >= 0.3 is 5.97 Å². The van der Waals surface area contributed by atoms with Gasteiger partial charge in [0.15, 0.2) is 5.69 Å². The largest absolute Gasteiger partial charge is 0.476 e. The van der Waals surface area contributed by atoms with E-state index in [1.165, 1.54) is 6.33 Å². The second-order valence-corrected chi connectivity index (χ2v) is 3.71. The van der Waals surface area contributed by atoms with Gasteiger partial charge in [-0.1, -0.05) is 0 Å². The number of hydrogen-bond acceptors (Lipinski definition) is 5. The van der Waals surface area contributed by atoms with E-state index in [2.05, 4.69) is 9.97 Å². The number of carboxylic acid groups (broad SMARTS) is 1. The van der Waals surface area contributed by atoms with E-state index in [4.69, 9.17) is 15.6 Å². The van der Waals surface area contributed by atoms with Crippen LogP contribution in [0.15, 0.2) is 6.33 Å². The summed E-state index contributed by atoms with van der Waals surface area (Å²) in [6.07, 6.45) is 2.89. The van der Waals surface area contributed by atoms with Gasteiger partial charge in [-0.2, -0.15) is 0 Å². The standard InChI is InChI=1S/C10H13N3O3/c11-7-8(6-1-3-16-4-2-6)12-5-13-9(7)10(14)15/h5-6H,1-4,11H2,(H,14,15). The smallest absolute Gasteiger partial charge is 0.356 e. The van der Waals surface area contributed by atoms with Gasteiger partial charge in [0.1, 0.15) is 6.33 Å². The van der Waals surface area contributed by atoms with Crippen molar-refractivity contribution in [2.24, 2.45) is 0 Å². The van der Waals surface area contributed by atoms with Gasteiger partial charge < -0.3 is 15.6 Å². The number of rotatable bonds is 2. The minimum atomic E-state index is -1.12.